The van der Waals surface area contributed by atoms with Crippen LogP contribution in [-0.2, 0) is 0 Å². The quantitative estimate of drug-likeness (QED) is 0.788. The van der Waals surface area contributed by atoms with Gasteiger partial charge in [-0.1, -0.05) is 6.37 Å². The molecule has 2 N–H and O–H groups in total. The third kappa shape index (κ3) is 3.78. The van der Waals surface area contributed by atoms with Crippen LogP contribution in [0.15, 0.2) is 15.6 Å². The molecule has 0 spiro atoms. The average molecular weight is 396 g/mol. The second-order valence-electron chi connectivity index (χ2n) is 5.17. The number of likely N-dealkylation sites (tertiary alicyclic amines) is 1. The molecule has 1 saturated heterocycles. The zero-order chi connectivity index (χ0) is 34.4. The Balaban J connectivity index is 2.03. The highest BCUT2D eigenvalue weighted by molar-refractivity contribution is 7.09. The average Bonchev–Trinajstić information content (AvgIpc) is 3.33. The molecule has 1 fully saturated rings. The molecule has 6 nitrogen and oxygen atoms in total. The molecule has 2 aromatic rings. The summed E-state index contributed by atoms with van der Waals surface area (Å²) in [5, 5.41) is 12.6. The van der Waals surface area contributed by atoms with E-state index in [1.54, 1.807) is 0 Å². The summed E-state index contributed by atoms with van der Waals surface area (Å²) in [5.41, 5.74) is -3.46. The minimum atomic E-state index is -3.67. The van der Waals surface area contributed by atoms with E-state index in [2.05, 4.69) is 0 Å². The summed E-state index contributed by atoms with van der Waals surface area (Å²) in [7, 11) is 0. The fraction of sp³-hybridized carbons (Fsp3) is 0.579. The molecular weight excluding hydrogens is 350 g/mol. The second kappa shape index (κ2) is 8.22. The van der Waals surface area contributed by atoms with Crippen molar-refractivity contribution in [2.45, 2.75) is 45.3 Å². The molecule has 3 rings (SSSR count). The standard InChI is InChI=1S/C19H27N3O3S/c1-13(2)22-15-12-26-11-14(15)17(23)16(19(22)25)18(24)20-7-6-10-21-8-4-3-5-9-21/h11-13,23H,3-10H2,1-2H3,(H,20,24)/i1D3,2D3,3D2,4D2,5D2,8D2,9D2,13D/hD. The first-order chi connectivity index (χ1) is 19.5. The Morgan fingerprint density at radius 3 is 2.96 bits per heavy atom. The van der Waals surface area contributed by atoms with Crippen molar-refractivity contribution in [3.63, 3.8) is 0 Å². The lowest BCUT2D eigenvalue weighted by Crippen LogP contribution is -2.36. The van der Waals surface area contributed by atoms with Crippen LogP contribution in [0.5, 0.6) is 5.75 Å². The van der Waals surface area contributed by atoms with Gasteiger partial charge in [0.15, 0.2) is 1.41 Å². The van der Waals surface area contributed by atoms with Crippen LogP contribution in [0.4, 0.5) is 0 Å². The third-order valence-electron chi connectivity index (χ3n) is 3.53. The van der Waals surface area contributed by atoms with Gasteiger partial charge in [0.2, 0.25) is 0 Å². The van der Waals surface area contributed by atoms with Crippen LogP contribution in [0.3, 0.4) is 0 Å². The van der Waals surface area contributed by atoms with E-state index in [4.69, 9.17) is 24.7 Å². The lowest BCUT2D eigenvalue weighted by molar-refractivity contribution is 0.0946. The summed E-state index contributed by atoms with van der Waals surface area (Å²) in [6.45, 7) is -15.9. The number of piperidine rings is 1. The molecule has 0 radical (unpaired) electrons. The van der Waals surface area contributed by atoms with Gasteiger partial charge in [-0.05, 0) is 52.4 Å². The van der Waals surface area contributed by atoms with E-state index in [0.29, 0.717) is 0 Å². The number of amides is 1. The SMILES string of the molecule is [2H]N(CCCN1C([2H])([2H])C([2H])([2H])C([2H])([2H])C([2H])([2H])C1([2H])[2H])C(=O)c1c(O)c2cscc2n(C([2H])(C([2H])([2H])[2H])C([2H])([2H])[2H])c1=O. The van der Waals surface area contributed by atoms with E-state index < -0.39 is 99.6 Å². The van der Waals surface area contributed by atoms with Crippen molar-refractivity contribution in [1.82, 2.24) is 14.8 Å². The molecule has 7 heteroatoms. The van der Waals surface area contributed by atoms with Gasteiger partial charge in [0.05, 0.1) is 12.3 Å². The maximum absolute atomic E-state index is 13.5. The molecular formula is C19H27N3O3S. The smallest absolute Gasteiger partial charge is 0.267 e. The van der Waals surface area contributed by atoms with E-state index in [9.17, 15) is 14.7 Å². The molecule has 3 heterocycles. The van der Waals surface area contributed by atoms with Crippen LogP contribution in [0.1, 0.15) is 78.9 Å². The number of fused-ring (bicyclic) bond motifs is 1. The first kappa shape index (κ1) is 6.63. The Kier molecular flexibility index (Phi) is 2.10. The predicted octanol–water partition coefficient (Wildman–Crippen LogP) is 2.96. The number of carbonyl (C=O) groups is 1. The maximum Gasteiger partial charge on any atom is 0.267 e. The summed E-state index contributed by atoms with van der Waals surface area (Å²) in [6, 6.07) is -3.65. The van der Waals surface area contributed by atoms with Gasteiger partial charge < -0.3 is 19.9 Å². The highest BCUT2D eigenvalue weighted by Gasteiger charge is 2.23. The summed E-state index contributed by atoms with van der Waals surface area (Å²) < 4.78 is 143. The molecule has 0 atom stereocenters. The van der Waals surface area contributed by atoms with Gasteiger partial charge >= 0.3 is 0 Å². The number of nitrogens with zero attached hydrogens (tertiary/aromatic N) is 2. The van der Waals surface area contributed by atoms with Gasteiger partial charge in [-0.3, -0.25) is 9.59 Å². The van der Waals surface area contributed by atoms with E-state index in [0.717, 1.165) is 22.1 Å². The van der Waals surface area contributed by atoms with Crippen LogP contribution in [0.25, 0.3) is 10.9 Å². The number of aromatic hydroxyl groups is 1. The molecule has 0 aromatic carbocycles. The number of pyridine rings is 1. The number of hydrogen-bond acceptors (Lipinski definition) is 5. The Labute approximate surface area is 182 Å². The number of nitrogens with one attached hydrogen (secondary N) is 1. The van der Waals surface area contributed by atoms with E-state index >= 15 is 0 Å². The Bertz CT molecular complexity index is 1470. The number of rotatable bonds is 6. The van der Waals surface area contributed by atoms with Crippen molar-refractivity contribution in [3.05, 3.63) is 26.7 Å². The van der Waals surface area contributed by atoms with Gasteiger partial charge in [0, 0.05) is 45.3 Å². The van der Waals surface area contributed by atoms with Crippen LogP contribution in [-0.4, -0.2) is 46.6 Å². The number of aromatic nitrogens is 1. The molecule has 1 aliphatic rings. The molecule has 0 unspecified atom stereocenters. The molecule has 0 bridgehead atoms. The zero-order valence-electron chi connectivity index (χ0n) is 31.3. The number of thiophene rings is 1. The fourth-order valence-electron chi connectivity index (χ4n) is 2.36. The molecule has 26 heavy (non-hydrogen) atoms. The van der Waals surface area contributed by atoms with Crippen molar-refractivity contribution in [3.8, 4) is 5.75 Å². The molecule has 1 amide bonds. The third-order valence-corrected chi connectivity index (χ3v) is 4.26. The van der Waals surface area contributed by atoms with Crippen molar-refractivity contribution in [2.75, 3.05) is 26.1 Å². The summed E-state index contributed by atoms with van der Waals surface area (Å²) >= 11 is 0.778. The predicted molar refractivity (Wildman–Crippen MR) is 105 cm³/mol. The highest BCUT2D eigenvalue weighted by atomic mass is 32.1. The Hall–Kier alpha value is -1.86. The second-order valence-corrected chi connectivity index (χ2v) is 5.92. The normalized spacial score (nSPS) is 36.9. The van der Waals surface area contributed by atoms with Gasteiger partial charge in [-0.25, -0.2) is 0 Å². The molecule has 1 aliphatic heterocycles. The highest BCUT2D eigenvalue weighted by Crippen LogP contribution is 2.30. The molecule has 0 saturated carbocycles. The summed E-state index contributed by atoms with van der Waals surface area (Å²) in [6.07, 6.45) is -11.4. The van der Waals surface area contributed by atoms with E-state index in [1.165, 1.54) is 0 Å². The van der Waals surface area contributed by atoms with E-state index in [1.807, 2.05) is 0 Å². The lowest BCUT2D eigenvalue weighted by atomic mass is 10.1. The van der Waals surface area contributed by atoms with E-state index in [-0.39, 0.29) is 20.2 Å². The number of carbonyl (C=O) groups excluding carboxylic acids is 1. The van der Waals surface area contributed by atoms with Crippen molar-refractivity contribution in [2.24, 2.45) is 0 Å². The zero-order valence-corrected chi connectivity index (χ0v) is 14.1. The van der Waals surface area contributed by atoms with Crippen molar-refractivity contribution < 1.29 is 34.6 Å². The minimum Gasteiger partial charge on any atom is -0.506 e. The largest absolute Gasteiger partial charge is 0.506 e. The van der Waals surface area contributed by atoms with Crippen molar-refractivity contribution >= 4 is 28.1 Å². The maximum atomic E-state index is 13.5. The Morgan fingerprint density at radius 1 is 1.46 bits per heavy atom. The van der Waals surface area contributed by atoms with Crippen LogP contribution < -0.4 is 10.9 Å². The molecule has 142 valence electrons. The first-order valence-corrected chi connectivity index (χ1v) is 8.35. The molecule has 2 aromatic heterocycles. The number of hydrogen-bond donors (Lipinski definition) is 2. The summed E-state index contributed by atoms with van der Waals surface area (Å²) in [4.78, 5) is 26.9. The van der Waals surface area contributed by atoms with Gasteiger partial charge in [-0.2, -0.15) is 0 Å². The Morgan fingerprint density at radius 2 is 2.23 bits per heavy atom. The molecule has 0 aliphatic carbocycles. The van der Waals surface area contributed by atoms with Gasteiger partial charge in [0.25, 0.3) is 11.5 Å². The van der Waals surface area contributed by atoms with Crippen molar-refractivity contribution in [1.29, 1.82) is 0 Å². The topological polar surface area (TPSA) is 74.6 Å². The monoisotopic (exact) mass is 395 g/mol. The lowest BCUT2D eigenvalue weighted by Gasteiger charge is -2.26. The fourth-order valence-corrected chi connectivity index (χ4v) is 3.16. The minimum absolute atomic E-state index is 0.0208. The van der Waals surface area contributed by atoms with Gasteiger partial charge in [0.1, 0.15) is 11.3 Å². The van der Waals surface area contributed by atoms with Crippen LogP contribution >= 0.6 is 11.3 Å². The first-order valence-electron chi connectivity index (χ1n) is 16.4. The summed E-state index contributed by atoms with van der Waals surface area (Å²) in [5.74, 6) is -2.66. The van der Waals surface area contributed by atoms with Gasteiger partial charge in [-0.15, -0.1) is 11.3 Å². The van der Waals surface area contributed by atoms with Crippen LogP contribution in [0, 0.1) is 0 Å². The van der Waals surface area contributed by atoms with Crippen LogP contribution in [0.2, 0.25) is 1.41 Å².